The molecular formula is C7HBrCl2F2O. The first-order chi connectivity index (χ1) is 5.95. The maximum absolute atomic E-state index is 12.9. The summed E-state index contributed by atoms with van der Waals surface area (Å²) in [6.07, 6.45) is 0. The zero-order chi connectivity index (χ0) is 10.2. The number of halogens is 5. The van der Waals surface area contributed by atoms with Crippen molar-refractivity contribution >= 4 is 44.4 Å². The molecule has 1 rings (SSSR count). The first-order valence-electron chi connectivity index (χ1n) is 2.98. The Morgan fingerprint density at radius 2 is 1.92 bits per heavy atom. The molecule has 0 aromatic heterocycles. The van der Waals surface area contributed by atoms with E-state index < -0.39 is 22.4 Å². The lowest BCUT2D eigenvalue weighted by molar-refractivity contribution is 0.107. The molecule has 0 saturated heterocycles. The minimum Gasteiger partial charge on any atom is -0.275 e. The SMILES string of the molecule is O=C(Cl)c1cc(Cl)c(Br)c(F)c1F. The molecule has 1 nitrogen and oxygen atoms in total. The summed E-state index contributed by atoms with van der Waals surface area (Å²) in [7, 11) is 0. The van der Waals surface area contributed by atoms with E-state index in [4.69, 9.17) is 23.2 Å². The fraction of sp³-hybridized carbons (Fsp3) is 0. The van der Waals surface area contributed by atoms with Gasteiger partial charge in [-0.15, -0.1) is 0 Å². The third kappa shape index (κ3) is 2.00. The van der Waals surface area contributed by atoms with Gasteiger partial charge in [-0.25, -0.2) is 8.78 Å². The molecule has 0 aliphatic rings. The van der Waals surface area contributed by atoms with Crippen molar-refractivity contribution in [2.45, 2.75) is 0 Å². The van der Waals surface area contributed by atoms with E-state index in [9.17, 15) is 13.6 Å². The largest absolute Gasteiger partial charge is 0.275 e. The Labute approximate surface area is 90.8 Å². The molecule has 13 heavy (non-hydrogen) atoms. The van der Waals surface area contributed by atoms with E-state index in [2.05, 4.69) is 15.9 Å². The number of carbonyl (C=O) groups is 1. The molecule has 0 atom stereocenters. The van der Waals surface area contributed by atoms with Gasteiger partial charge in [0.1, 0.15) is 0 Å². The van der Waals surface area contributed by atoms with Crippen LogP contribution >= 0.6 is 39.1 Å². The highest BCUT2D eigenvalue weighted by molar-refractivity contribution is 9.10. The minimum atomic E-state index is -1.31. The molecule has 0 bridgehead atoms. The molecule has 0 N–H and O–H groups in total. The first kappa shape index (κ1) is 10.9. The summed E-state index contributed by atoms with van der Waals surface area (Å²) >= 11 is 13.2. The van der Waals surface area contributed by atoms with Crippen molar-refractivity contribution in [3.05, 3.63) is 32.8 Å². The summed E-state index contributed by atoms with van der Waals surface area (Å²) in [4.78, 5) is 10.6. The number of benzene rings is 1. The van der Waals surface area contributed by atoms with E-state index in [1.807, 2.05) is 0 Å². The van der Waals surface area contributed by atoms with E-state index in [0.29, 0.717) is 0 Å². The fourth-order valence-corrected chi connectivity index (χ4v) is 1.33. The predicted octanol–water partition coefficient (Wildman–Crippen LogP) is 3.76. The Bertz CT molecular complexity index is 381. The standard InChI is InChI=1S/C7HBrCl2F2O/c8-4-3(9)1-2(7(10)13)5(11)6(4)12/h1H. The van der Waals surface area contributed by atoms with Gasteiger partial charge in [-0.1, -0.05) is 11.6 Å². The van der Waals surface area contributed by atoms with Crippen molar-refractivity contribution < 1.29 is 13.6 Å². The number of hydrogen-bond donors (Lipinski definition) is 0. The highest BCUT2D eigenvalue weighted by Gasteiger charge is 2.19. The molecular weight excluding hydrogens is 289 g/mol. The van der Waals surface area contributed by atoms with Crippen molar-refractivity contribution in [3.63, 3.8) is 0 Å². The van der Waals surface area contributed by atoms with Crippen LogP contribution in [0.5, 0.6) is 0 Å². The maximum Gasteiger partial charge on any atom is 0.255 e. The molecule has 0 saturated carbocycles. The summed E-state index contributed by atoms with van der Waals surface area (Å²) in [6, 6.07) is 0.958. The second-order valence-corrected chi connectivity index (χ2v) is 3.67. The van der Waals surface area contributed by atoms with Crippen LogP contribution < -0.4 is 0 Å². The summed E-state index contributed by atoms with van der Waals surface area (Å²) in [5.74, 6) is -2.53. The smallest absolute Gasteiger partial charge is 0.255 e. The summed E-state index contributed by atoms with van der Waals surface area (Å²) in [6.45, 7) is 0. The van der Waals surface area contributed by atoms with Gasteiger partial charge in [0.15, 0.2) is 11.6 Å². The van der Waals surface area contributed by atoms with Crippen LogP contribution in [0.25, 0.3) is 0 Å². The Balaban J connectivity index is 3.50. The van der Waals surface area contributed by atoms with Crippen LogP contribution in [0.4, 0.5) is 8.78 Å². The lowest BCUT2D eigenvalue weighted by atomic mass is 10.2. The van der Waals surface area contributed by atoms with Crippen molar-refractivity contribution in [2.24, 2.45) is 0 Å². The molecule has 70 valence electrons. The minimum absolute atomic E-state index is 0.108. The topological polar surface area (TPSA) is 17.1 Å². The Hall–Kier alpha value is -0.190. The van der Waals surface area contributed by atoms with E-state index in [-0.39, 0.29) is 9.50 Å². The zero-order valence-corrected chi connectivity index (χ0v) is 8.97. The van der Waals surface area contributed by atoms with Gasteiger partial charge in [-0.2, -0.15) is 0 Å². The van der Waals surface area contributed by atoms with Crippen LogP contribution in [0.3, 0.4) is 0 Å². The van der Waals surface area contributed by atoms with E-state index in [0.717, 1.165) is 6.07 Å². The van der Waals surface area contributed by atoms with Crippen molar-refractivity contribution in [1.29, 1.82) is 0 Å². The predicted molar refractivity (Wildman–Crippen MR) is 49.3 cm³/mol. The summed E-state index contributed by atoms with van der Waals surface area (Å²) in [5, 5.41) is -1.20. The molecule has 0 aliphatic heterocycles. The third-order valence-electron chi connectivity index (χ3n) is 1.31. The average molecular weight is 290 g/mol. The van der Waals surface area contributed by atoms with Crippen molar-refractivity contribution in [3.8, 4) is 0 Å². The van der Waals surface area contributed by atoms with Gasteiger partial charge in [0.25, 0.3) is 5.24 Å². The summed E-state index contributed by atoms with van der Waals surface area (Å²) < 4.78 is 25.6. The van der Waals surface area contributed by atoms with Crippen molar-refractivity contribution in [2.75, 3.05) is 0 Å². The zero-order valence-electron chi connectivity index (χ0n) is 5.88. The molecule has 1 aromatic carbocycles. The second-order valence-electron chi connectivity index (χ2n) is 2.12. The van der Waals surface area contributed by atoms with Gasteiger partial charge in [-0.3, -0.25) is 4.79 Å². The number of rotatable bonds is 1. The third-order valence-corrected chi connectivity index (χ3v) is 2.82. The number of carbonyl (C=O) groups excluding carboxylic acids is 1. The average Bonchev–Trinajstić information content (AvgIpc) is 2.07. The van der Waals surface area contributed by atoms with Gasteiger partial charge in [0.05, 0.1) is 15.1 Å². The molecule has 0 unspecified atom stereocenters. The molecule has 0 amide bonds. The van der Waals surface area contributed by atoms with Crippen LogP contribution in [0.1, 0.15) is 10.4 Å². The van der Waals surface area contributed by atoms with Crippen LogP contribution in [0.15, 0.2) is 10.5 Å². The molecule has 0 fully saturated rings. The molecule has 1 aromatic rings. The van der Waals surface area contributed by atoms with Crippen LogP contribution in [-0.2, 0) is 0 Å². The lowest BCUT2D eigenvalue weighted by Gasteiger charge is -2.02. The van der Waals surface area contributed by atoms with Gasteiger partial charge in [0.2, 0.25) is 0 Å². The summed E-state index contributed by atoms with van der Waals surface area (Å²) in [5.41, 5.74) is -0.577. The highest BCUT2D eigenvalue weighted by Crippen LogP contribution is 2.30. The Kier molecular flexibility index (Phi) is 3.27. The van der Waals surface area contributed by atoms with E-state index in [1.165, 1.54) is 0 Å². The monoisotopic (exact) mass is 288 g/mol. The fourth-order valence-electron chi connectivity index (χ4n) is 0.716. The number of hydrogen-bond acceptors (Lipinski definition) is 1. The normalized spacial score (nSPS) is 10.2. The van der Waals surface area contributed by atoms with Crippen LogP contribution in [0.2, 0.25) is 5.02 Å². The lowest BCUT2D eigenvalue weighted by Crippen LogP contribution is -1.99. The molecule has 0 aliphatic carbocycles. The van der Waals surface area contributed by atoms with Gasteiger partial charge >= 0.3 is 0 Å². The van der Waals surface area contributed by atoms with Gasteiger partial charge < -0.3 is 0 Å². The molecule has 0 radical (unpaired) electrons. The molecule has 6 heteroatoms. The van der Waals surface area contributed by atoms with Crippen molar-refractivity contribution in [1.82, 2.24) is 0 Å². The van der Waals surface area contributed by atoms with Crippen LogP contribution in [0, 0.1) is 11.6 Å². The maximum atomic E-state index is 12.9. The Morgan fingerprint density at radius 3 is 2.38 bits per heavy atom. The first-order valence-corrected chi connectivity index (χ1v) is 4.53. The van der Waals surface area contributed by atoms with E-state index in [1.54, 1.807) is 0 Å². The highest BCUT2D eigenvalue weighted by atomic mass is 79.9. The second kappa shape index (κ2) is 3.90. The van der Waals surface area contributed by atoms with Gasteiger partial charge in [-0.05, 0) is 33.6 Å². The van der Waals surface area contributed by atoms with Crippen LogP contribution in [-0.4, -0.2) is 5.24 Å². The molecule has 0 heterocycles. The molecule has 0 spiro atoms. The quantitative estimate of drug-likeness (QED) is 0.437. The van der Waals surface area contributed by atoms with E-state index >= 15 is 0 Å². The van der Waals surface area contributed by atoms with Gasteiger partial charge in [0, 0.05) is 0 Å². The Morgan fingerprint density at radius 1 is 1.38 bits per heavy atom.